The molecular formula is C16H23N5. The van der Waals surface area contributed by atoms with E-state index < -0.39 is 0 Å². The molecule has 112 valence electrons. The monoisotopic (exact) mass is 285 g/mol. The van der Waals surface area contributed by atoms with E-state index in [-0.39, 0.29) is 6.04 Å². The maximum absolute atomic E-state index is 5.82. The van der Waals surface area contributed by atoms with Crippen molar-refractivity contribution in [2.24, 2.45) is 11.8 Å². The van der Waals surface area contributed by atoms with E-state index in [9.17, 15) is 0 Å². The van der Waals surface area contributed by atoms with Gasteiger partial charge in [0.15, 0.2) is 0 Å². The lowest BCUT2D eigenvalue weighted by molar-refractivity contribution is 0.355. The number of benzene rings is 1. The zero-order chi connectivity index (χ0) is 14.7. The zero-order valence-corrected chi connectivity index (χ0v) is 12.5. The van der Waals surface area contributed by atoms with Crippen molar-refractivity contribution >= 4 is 0 Å². The molecule has 0 saturated heterocycles. The van der Waals surface area contributed by atoms with Crippen molar-refractivity contribution in [3.05, 3.63) is 47.5 Å². The van der Waals surface area contributed by atoms with Crippen LogP contribution in [-0.4, -0.2) is 20.8 Å². The van der Waals surface area contributed by atoms with Crippen LogP contribution in [0.25, 0.3) is 0 Å². The maximum Gasteiger partial charge on any atom is 0.138 e. The third kappa shape index (κ3) is 2.99. The van der Waals surface area contributed by atoms with E-state index in [0.29, 0.717) is 5.92 Å². The highest BCUT2D eigenvalue weighted by Gasteiger charge is 2.29. The van der Waals surface area contributed by atoms with E-state index in [1.54, 1.807) is 6.33 Å². The number of fused-ring (bicyclic) bond motifs is 1. The van der Waals surface area contributed by atoms with E-state index in [0.717, 1.165) is 38.1 Å². The van der Waals surface area contributed by atoms with Gasteiger partial charge in [-0.2, -0.15) is 5.10 Å². The van der Waals surface area contributed by atoms with Gasteiger partial charge >= 0.3 is 0 Å². The topological polar surface area (TPSA) is 68.8 Å². The summed E-state index contributed by atoms with van der Waals surface area (Å²) in [5, 5.41) is 4.30. The summed E-state index contributed by atoms with van der Waals surface area (Å²) in [6, 6.07) is 8.91. The second-order valence-electron chi connectivity index (χ2n) is 5.81. The minimum Gasteiger partial charge on any atom is -0.271 e. The van der Waals surface area contributed by atoms with Gasteiger partial charge in [-0.3, -0.25) is 16.0 Å². The Kier molecular flexibility index (Phi) is 4.31. The van der Waals surface area contributed by atoms with Gasteiger partial charge in [0.1, 0.15) is 12.2 Å². The van der Waals surface area contributed by atoms with Crippen LogP contribution in [0.3, 0.4) is 0 Å². The fourth-order valence-electron chi connectivity index (χ4n) is 3.28. The fourth-order valence-corrected chi connectivity index (χ4v) is 3.28. The van der Waals surface area contributed by atoms with Gasteiger partial charge in [0.25, 0.3) is 0 Å². The highest BCUT2D eigenvalue weighted by Crippen LogP contribution is 2.29. The maximum atomic E-state index is 5.82. The molecular weight excluding hydrogens is 262 g/mol. The molecule has 3 rings (SSSR count). The predicted octanol–water partition coefficient (Wildman–Crippen LogP) is 1.48. The highest BCUT2D eigenvalue weighted by molar-refractivity contribution is 5.32. The molecule has 0 amide bonds. The molecule has 21 heavy (non-hydrogen) atoms. The van der Waals surface area contributed by atoms with Crippen molar-refractivity contribution in [1.29, 1.82) is 0 Å². The Balaban J connectivity index is 1.70. The summed E-state index contributed by atoms with van der Waals surface area (Å²) in [6.45, 7) is 3.06. The second kappa shape index (κ2) is 6.37. The minimum atomic E-state index is 0.234. The van der Waals surface area contributed by atoms with Gasteiger partial charge in [0, 0.05) is 19.0 Å². The van der Waals surface area contributed by atoms with Gasteiger partial charge in [-0.15, -0.1) is 0 Å². The molecule has 0 bridgehead atoms. The van der Waals surface area contributed by atoms with Crippen molar-refractivity contribution in [2.45, 2.75) is 45.2 Å². The normalized spacial score (nSPS) is 16.1. The number of hydrogen-bond donors (Lipinski definition) is 2. The molecule has 2 aromatic rings. The average Bonchev–Trinajstić information content (AvgIpc) is 3.11. The molecule has 1 aromatic heterocycles. The molecule has 1 aromatic carbocycles. The molecule has 1 unspecified atom stereocenters. The summed E-state index contributed by atoms with van der Waals surface area (Å²) >= 11 is 0. The van der Waals surface area contributed by atoms with Crippen LogP contribution >= 0.6 is 0 Å². The molecule has 3 N–H and O–H groups in total. The van der Waals surface area contributed by atoms with Crippen molar-refractivity contribution in [3.8, 4) is 0 Å². The number of aryl methyl sites for hydroxylation is 1. The molecule has 1 atom stereocenters. The average molecular weight is 285 g/mol. The lowest BCUT2D eigenvalue weighted by Crippen LogP contribution is -2.43. The molecule has 1 aliphatic carbocycles. The summed E-state index contributed by atoms with van der Waals surface area (Å²) in [5.41, 5.74) is 5.92. The smallest absolute Gasteiger partial charge is 0.138 e. The summed E-state index contributed by atoms with van der Waals surface area (Å²) in [4.78, 5) is 4.40. The SMILES string of the molecule is CCCn1ncnc1CC(NN)C1Cc2ccccc2C1. The number of aromatic nitrogens is 3. The third-order valence-electron chi connectivity index (χ3n) is 4.40. The van der Waals surface area contributed by atoms with Gasteiger partial charge in [-0.1, -0.05) is 31.2 Å². The number of hydrogen-bond acceptors (Lipinski definition) is 4. The molecule has 0 spiro atoms. The molecule has 1 aliphatic rings. The van der Waals surface area contributed by atoms with Crippen LogP contribution < -0.4 is 11.3 Å². The van der Waals surface area contributed by atoms with Gasteiger partial charge < -0.3 is 0 Å². The summed E-state index contributed by atoms with van der Waals surface area (Å²) in [7, 11) is 0. The van der Waals surface area contributed by atoms with Crippen molar-refractivity contribution in [3.63, 3.8) is 0 Å². The molecule has 1 heterocycles. The first-order chi connectivity index (χ1) is 10.3. The van der Waals surface area contributed by atoms with Crippen LogP contribution in [0.4, 0.5) is 0 Å². The Morgan fingerprint density at radius 1 is 1.33 bits per heavy atom. The Morgan fingerprint density at radius 3 is 2.67 bits per heavy atom. The molecule has 5 nitrogen and oxygen atoms in total. The Morgan fingerprint density at radius 2 is 2.05 bits per heavy atom. The first-order valence-corrected chi connectivity index (χ1v) is 7.71. The summed E-state index contributed by atoms with van der Waals surface area (Å²) in [6.07, 6.45) is 5.71. The number of hydrazine groups is 1. The molecule has 0 radical (unpaired) electrons. The first kappa shape index (κ1) is 14.2. The minimum absolute atomic E-state index is 0.234. The van der Waals surface area contributed by atoms with Crippen LogP contribution in [0.15, 0.2) is 30.6 Å². The van der Waals surface area contributed by atoms with Crippen LogP contribution in [-0.2, 0) is 25.8 Å². The van der Waals surface area contributed by atoms with E-state index in [2.05, 4.69) is 46.7 Å². The van der Waals surface area contributed by atoms with Crippen LogP contribution in [0, 0.1) is 5.92 Å². The Labute approximate surface area is 125 Å². The molecule has 0 saturated carbocycles. The quantitative estimate of drug-likeness (QED) is 0.623. The van der Waals surface area contributed by atoms with Crippen LogP contribution in [0.5, 0.6) is 0 Å². The van der Waals surface area contributed by atoms with Crippen LogP contribution in [0.1, 0.15) is 30.3 Å². The summed E-state index contributed by atoms with van der Waals surface area (Å²) < 4.78 is 1.99. The van der Waals surface area contributed by atoms with Gasteiger partial charge in [0.2, 0.25) is 0 Å². The second-order valence-corrected chi connectivity index (χ2v) is 5.81. The number of nitrogens with zero attached hydrogens (tertiary/aromatic N) is 3. The highest BCUT2D eigenvalue weighted by atomic mass is 15.3. The van der Waals surface area contributed by atoms with Crippen molar-refractivity contribution < 1.29 is 0 Å². The van der Waals surface area contributed by atoms with Crippen LogP contribution in [0.2, 0.25) is 0 Å². The predicted molar refractivity (Wildman–Crippen MR) is 82.5 cm³/mol. The Hall–Kier alpha value is -1.72. The summed E-state index contributed by atoms with van der Waals surface area (Å²) in [5.74, 6) is 7.37. The van der Waals surface area contributed by atoms with Gasteiger partial charge in [-0.05, 0) is 36.3 Å². The van der Waals surface area contributed by atoms with Gasteiger partial charge in [0.05, 0.1) is 0 Å². The Bertz CT molecular complexity index is 567. The van der Waals surface area contributed by atoms with Gasteiger partial charge in [-0.25, -0.2) is 4.98 Å². The molecule has 0 aliphatic heterocycles. The largest absolute Gasteiger partial charge is 0.271 e. The molecule has 5 heteroatoms. The number of nitrogens with two attached hydrogens (primary N) is 1. The lowest BCUT2D eigenvalue weighted by atomic mass is 9.94. The zero-order valence-electron chi connectivity index (χ0n) is 12.5. The van der Waals surface area contributed by atoms with Crippen molar-refractivity contribution in [2.75, 3.05) is 0 Å². The molecule has 0 fully saturated rings. The van der Waals surface area contributed by atoms with E-state index in [4.69, 9.17) is 5.84 Å². The third-order valence-corrected chi connectivity index (χ3v) is 4.40. The lowest BCUT2D eigenvalue weighted by Gasteiger charge is -2.22. The number of nitrogens with one attached hydrogen (secondary N) is 1. The van der Waals surface area contributed by atoms with E-state index in [1.165, 1.54) is 11.1 Å². The fraction of sp³-hybridized carbons (Fsp3) is 0.500. The van der Waals surface area contributed by atoms with Crippen molar-refractivity contribution in [1.82, 2.24) is 20.2 Å². The number of rotatable bonds is 6. The standard InChI is InChI=1S/C16H23N5/c1-2-7-21-16(18-11-19-21)10-15(20-17)14-8-12-5-3-4-6-13(12)9-14/h3-6,11,14-15,20H,2,7-10,17H2,1H3. The first-order valence-electron chi connectivity index (χ1n) is 7.71. The van der Waals surface area contributed by atoms with E-state index in [1.807, 2.05) is 4.68 Å². The van der Waals surface area contributed by atoms with E-state index >= 15 is 0 Å².